The normalized spacial score (nSPS) is 21.2. The Kier molecular flexibility index (Phi) is 7.27. The zero-order chi connectivity index (χ0) is 27.0. The molecule has 9 nitrogen and oxygen atoms in total. The lowest BCUT2D eigenvalue weighted by Crippen LogP contribution is -2.57. The molecule has 2 saturated heterocycles. The molecule has 0 bridgehead atoms. The number of pyridine rings is 1. The molecule has 1 unspecified atom stereocenters. The summed E-state index contributed by atoms with van der Waals surface area (Å²) < 4.78 is 21.1. The number of aromatic nitrogens is 1. The Morgan fingerprint density at radius 1 is 1.37 bits per heavy atom. The van der Waals surface area contributed by atoms with E-state index in [1.54, 1.807) is 9.80 Å². The van der Waals surface area contributed by atoms with E-state index >= 15 is 0 Å². The molecule has 2 aromatic rings. The van der Waals surface area contributed by atoms with Crippen molar-refractivity contribution in [3.63, 3.8) is 0 Å². The predicted octanol–water partition coefficient (Wildman–Crippen LogP) is 3.56. The Morgan fingerprint density at radius 2 is 2.18 bits per heavy atom. The van der Waals surface area contributed by atoms with Crippen molar-refractivity contribution >= 4 is 29.3 Å². The highest BCUT2D eigenvalue weighted by Crippen LogP contribution is 2.48. The van der Waals surface area contributed by atoms with E-state index in [4.69, 9.17) is 11.3 Å². The average Bonchev–Trinajstić information content (AvgIpc) is 3.27. The minimum absolute atomic E-state index is 0.0379. The summed E-state index contributed by atoms with van der Waals surface area (Å²) in [5, 5.41) is 10.9. The molecular weight excluding hydrogens is 509 g/mol. The van der Waals surface area contributed by atoms with Crippen molar-refractivity contribution < 1.29 is 23.8 Å². The van der Waals surface area contributed by atoms with E-state index in [1.807, 2.05) is 0 Å². The van der Waals surface area contributed by atoms with Gasteiger partial charge in [0.15, 0.2) is 0 Å². The van der Waals surface area contributed by atoms with E-state index in [0.717, 1.165) is 19.4 Å². The molecule has 38 heavy (non-hydrogen) atoms. The third kappa shape index (κ3) is 4.59. The fourth-order valence-electron chi connectivity index (χ4n) is 5.27. The molecule has 1 aromatic carbocycles. The third-order valence-electron chi connectivity index (χ3n) is 7.38. The van der Waals surface area contributed by atoms with Crippen LogP contribution in [0.3, 0.4) is 0 Å². The maximum atomic E-state index is 15.0. The van der Waals surface area contributed by atoms with E-state index in [-0.39, 0.29) is 65.0 Å². The molecule has 2 fully saturated rings. The number of thioether (sulfide) groups is 1. The molecule has 3 aliphatic rings. The van der Waals surface area contributed by atoms with Gasteiger partial charge in [0.05, 0.1) is 23.9 Å². The van der Waals surface area contributed by atoms with E-state index in [1.165, 1.54) is 36.0 Å². The van der Waals surface area contributed by atoms with Gasteiger partial charge in [-0.1, -0.05) is 12.6 Å². The van der Waals surface area contributed by atoms with Gasteiger partial charge >= 0.3 is 0 Å². The summed E-state index contributed by atoms with van der Waals surface area (Å²) in [7, 11) is 2.06. The predicted molar refractivity (Wildman–Crippen MR) is 141 cm³/mol. The summed E-state index contributed by atoms with van der Waals surface area (Å²) in [5.74, 6) is -0.965. The van der Waals surface area contributed by atoms with Gasteiger partial charge in [0.1, 0.15) is 34.5 Å². The lowest BCUT2D eigenvalue weighted by molar-refractivity contribution is -0.128. The fraction of sp³-hybridized carbons (Fsp3) is 0.407. The molecule has 1 N–H and O–H groups in total. The molecule has 11 heteroatoms. The molecule has 1 aromatic heterocycles. The number of phenols is 1. The van der Waals surface area contributed by atoms with Crippen LogP contribution in [0.1, 0.15) is 23.2 Å². The number of carbonyl (C=O) groups is 2. The topological polar surface area (TPSA) is 90.6 Å². The SMILES string of the molecule is [C-]#[N+]c1c(-c2c(O)cccc2F)nc(SCC2CCCN2C)c2c1OC[C@H]1CN(C(=O)C=C)CCN1C2=O. The Morgan fingerprint density at radius 3 is 2.87 bits per heavy atom. The Labute approximate surface area is 224 Å². The van der Waals surface area contributed by atoms with Crippen molar-refractivity contribution in [1.82, 2.24) is 19.7 Å². The maximum Gasteiger partial charge on any atom is 0.259 e. The molecule has 198 valence electrons. The number of ether oxygens (including phenoxy) is 1. The Bertz CT molecular complexity index is 1330. The quantitative estimate of drug-likeness (QED) is 0.354. The van der Waals surface area contributed by atoms with Gasteiger partial charge in [-0.05, 0) is 44.6 Å². The van der Waals surface area contributed by atoms with Gasteiger partial charge in [0, 0.05) is 31.4 Å². The van der Waals surface area contributed by atoms with E-state index in [2.05, 4.69) is 28.4 Å². The first-order valence-electron chi connectivity index (χ1n) is 12.5. The third-order valence-corrected chi connectivity index (χ3v) is 8.50. The molecule has 0 saturated carbocycles. The zero-order valence-corrected chi connectivity index (χ0v) is 21.8. The number of amides is 2. The second kappa shape index (κ2) is 10.6. The van der Waals surface area contributed by atoms with Gasteiger partial charge in [-0.3, -0.25) is 14.6 Å². The number of phenolic OH excluding ortho intramolecular Hbond substituents is 1. The number of rotatable bonds is 5. The summed E-state index contributed by atoms with van der Waals surface area (Å²) in [6.07, 6.45) is 3.33. The smallest absolute Gasteiger partial charge is 0.259 e. The second-order valence-electron chi connectivity index (χ2n) is 9.60. The van der Waals surface area contributed by atoms with Crippen LogP contribution in [-0.2, 0) is 4.79 Å². The van der Waals surface area contributed by atoms with Crippen molar-refractivity contribution in [3.8, 4) is 22.8 Å². The second-order valence-corrected chi connectivity index (χ2v) is 10.6. The van der Waals surface area contributed by atoms with Gasteiger partial charge in [-0.25, -0.2) is 9.24 Å². The zero-order valence-electron chi connectivity index (χ0n) is 21.0. The number of carbonyl (C=O) groups excluding carboxylic acids is 2. The van der Waals surface area contributed by atoms with Crippen LogP contribution < -0.4 is 4.74 Å². The lowest BCUT2D eigenvalue weighted by Gasteiger charge is -2.39. The Hall–Kier alpha value is -3.62. The first kappa shape index (κ1) is 26.0. The molecule has 2 amide bonds. The van der Waals surface area contributed by atoms with Crippen LogP contribution in [-0.4, -0.2) is 94.3 Å². The first-order valence-corrected chi connectivity index (χ1v) is 13.4. The largest absolute Gasteiger partial charge is 0.507 e. The minimum atomic E-state index is -0.732. The van der Waals surface area contributed by atoms with Crippen molar-refractivity contribution in [3.05, 3.63) is 53.7 Å². The van der Waals surface area contributed by atoms with Crippen LogP contribution in [0.2, 0.25) is 0 Å². The van der Waals surface area contributed by atoms with E-state index in [9.17, 15) is 19.1 Å². The van der Waals surface area contributed by atoms with Crippen LogP contribution in [0.25, 0.3) is 16.1 Å². The molecular formula is C27H28FN5O4S. The standard InChI is InChI=1S/C27H28FN5O4S/c1-4-20(35)32-11-12-33-17(13-32)14-37-25-22(27(33)36)26(38-15-16-7-6-10-31(16)3)30-23(24(25)29-2)21-18(28)8-5-9-19(21)34/h4-5,8-9,16-17,34H,1,6-7,10-15H2,3H3/t16?,17-/m1/s1. The monoisotopic (exact) mass is 537 g/mol. The van der Waals surface area contributed by atoms with Gasteiger partial charge in [-0.15, -0.1) is 11.8 Å². The lowest BCUT2D eigenvalue weighted by atomic mass is 10.0. The molecule has 3 aliphatic heterocycles. The molecule has 4 heterocycles. The number of likely N-dealkylation sites (tertiary alicyclic amines) is 1. The summed E-state index contributed by atoms with van der Waals surface area (Å²) in [4.78, 5) is 40.0. The number of fused-ring (bicyclic) bond motifs is 2. The molecule has 2 atom stereocenters. The number of benzene rings is 1. The number of halogens is 1. The van der Waals surface area contributed by atoms with Crippen LogP contribution in [0.5, 0.6) is 11.5 Å². The summed E-state index contributed by atoms with van der Waals surface area (Å²) >= 11 is 1.37. The van der Waals surface area contributed by atoms with Crippen LogP contribution in [0.4, 0.5) is 10.1 Å². The van der Waals surface area contributed by atoms with Gasteiger partial charge in [-0.2, -0.15) is 0 Å². The van der Waals surface area contributed by atoms with E-state index in [0.29, 0.717) is 23.9 Å². The number of hydrogen-bond acceptors (Lipinski definition) is 7. The average molecular weight is 538 g/mol. The summed E-state index contributed by atoms with van der Waals surface area (Å²) in [6, 6.07) is 3.74. The number of hydrogen-bond donors (Lipinski definition) is 1. The number of piperazine rings is 1. The van der Waals surface area contributed by atoms with Gasteiger partial charge in [0.2, 0.25) is 5.91 Å². The highest BCUT2D eigenvalue weighted by molar-refractivity contribution is 7.99. The molecule has 0 radical (unpaired) electrons. The summed E-state index contributed by atoms with van der Waals surface area (Å²) in [6.45, 7) is 13.4. The van der Waals surface area contributed by atoms with Crippen LogP contribution >= 0.6 is 11.8 Å². The van der Waals surface area contributed by atoms with Crippen molar-refractivity contribution in [2.24, 2.45) is 0 Å². The number of nitrogens with zero attached hydrogens (tertiary/aromatic N) is 5. The fourth-order valence-corrected chi connectivity index (χ4v) is 6.53. The molecule has 0 aliphatic carbocycles. The van der Waals surface area contributed by atoms with Gasteiger partial charge in [0.25, 0.3) is 11.6 Å². The van der Waals surface area contributed by atoms with Crippen molar-refractivity contribution in [2.45, 2.75) is 30.0 Å². The van der Waals surface area contributed by atoms with E-state index < -0.39 is 11.9 Å². The van der Waals surface area contributed by atoms with Gasteiger partial charge < -0.3 is 24.5 Å². The highest BCUT2D eigenvalue weighted by Gasteiger charge is 2.40. The van der Waals surface area contributed by atoms with Crippen LogP contribution in [0, 0.1) is 12.4 Å². The maximum absolute atomic E-state index is 15.0. The molecule has 5 rings (SSSR count). The minimum Gasteiger partial charge on any atom is -0.507 e. The summed E-state index contributed by atoms with van der Waals surface area (Å²) in [5.41, 5.74) is -0.225. The highest BCUT2D eigenvalue weighted by atomic mass is 32.2. The first-order chi connectivity index (χ1) is 18.3. The van der Waals surface area contributed by atoms with Crippen molar-refractivity contribution in [1.29, 1.82) is 0 Å². The molecule has 0 spiro atoms. The number of aromatic hydroxyl groups is 1. The van der Waals surface area contributed by atoms with Crippen molar-refractivity contribution in [2.75, 3.05) is 45.6 Å². The Balaban J connectivity index is 1.62. The van der Waals surface area contributed by atoms with Crippen LogP contribution in [0.15, 0.2) is 35.9 Å².